The van der Waals surface area contributed by atoms with Gasteiger partial charge in [0, 0.05) is 44.3 Å². The van der Waals surface area contributed by atoms with E-state index in [1.54, 1.807) is 13.1 Å². The lowest BCUT2D eigenvalue weighted by molar-refractivity contribution is 0.0923. The number of carbonyl (C=O) groups is 1. The molecule has 0 aliphatic carbocycles. The van der Waals surface area contributed by atoms with E-state index in [4.69, 9.17) is 0 Å². The van der Waals surface area contributed by atoms with E-state index < -0.39 is 0 Å². The van der Waals surface area contributed by atoms with Gasteiger partial charge in [-0.15, -0.1) is 0 Å². The molecule has 2 aliphatic heterocycles. The summed E-state index contributed by atoms with van der Waals surface area (Å²) in [6.07, 6.45) is 1.15. The topological polar surface area (TPSA) is 54.3 Å². The monoisotopic (exact) mass is 289 g/mol. The van der Waals surface area contributed by atoms with Gasteiger partial charge in [-0.1, -0.05) is 0 Å². The van der Waals surface area contributed by atoms with Gasteiger partial charge in [0.25, 0.3) is 11.5 Å². The van der Waals surface area contributed by atoms with Crippen LogP contribution in [-0.4, -0.2) is 41.6 Å². The van der Waals surface area contributed by atoms with Crippen molar-refractivity contribution in [3.05, 3.63) is 33.7 Å². The zero-order chi connectivity index (χ0) is 15.1. The van der Waals surface area contributed by atoms with E-state index in [9.17, 15) is 9.59 Å². The second kappa shape index (κ2) is 5.30. The van der Waals surface area contributed by atoms with E-state index in [0.717, 1.165) is 31.7 Å². The third-order valence-corrected chi connectivity index (χ3v) is 4.83. The lowest BCUT2D eigenvalue weighted by atomic mass is 9.82. The third kappa shape index (κ3) is 2.39. The van der Waals surface area contributed by atoms with Crippen LogP contribution in [0.25, 0.3) is 0 Å². The third-order valence-electron chi connectivity index (χ3n) is 4.83. The molecule has 0 aromatic carbocycles. The van der Waals surface area contributed by atoms with Gasteiger partial charge in [-0.25, -0.2) is 0 Å². The zero-order valence-electron chi connectivity index (χ0n) is 12.9. The second-order valence-corrected chi connectivity index (χ2v) is 6.51. The van der Waals surface area contributed by atoms with Crippen molar-refractivity contribution in [3.8, 4) is 0 Å². The standard InChI is InChI=1S/C16H23N3O2/c1-10(2)18-7-11-6-12(9-18)14-5-4-13(15(20)17-3)16(21)19(14)8-11/h4-5,10-12H,6-9H2,1-3H3,(H,17,20)/t11-,12-/m1/s1. The second-order valence-electron chi connectivity index (χ2n) is 6.51. The lowest BCUT2D eigenvalue weighted by Crippen LogP contribution is -2.49. The summed E-state index contributed by atoms with van der Waals surface area (Å²) in [6, 6.07) is 4.19. The molecule has 1 aromatic heterocycles. The molecule has 1 aromatic rings. The van der Waals surface area contributed by atoms with Crippen molar-refractivity contribution < 1.29 is 4.79 Å². The molecule has 2 atom stereocenters. The van der Waals surface area contributed by atoms with E-state index in [0.29, 0.717) is 17.9 Å². The van der Waals surface area contributed by atoms with Crippen molar-refractivity contribution in [2.24, 2.45) is 5.92 Å². The Labute approximate surface area is 124 Å². The van der Waals surface area contributed by atoms with Crippen LogP contribution in [0.5, 0.6) is 0 Å². The number of pyridine rings is 1. The minimum Gasteiger partial charge on any atom is -0.355 e. The first-order valence-electron chi connectivity index (χ1n) is 7.71. The maximum absolute atomic E-state index is 12.5. The number of amides is 1. The number of hydrogen-bond acceptors (Lipinski definition) is 3. The smallest absolute Gasteiger partial charge is 0.263 e. The Morgan fingerprint density at radius 1 is 1.29 bits per heavy atom. The van der Waals surface area contributed by atoms with E-state index in [1.807, 2.05) is 10.6 Å². The predicted molar refractivity (Wildman–Crippen MR) is 81.6 cm³/mol. The molecule has 114 valence electrons. The van der Waals surface area contributed by atoms with Crippen molar-refractivity contribution in [1.82, 2.24) is 14.8 Å². The van der Waals surface area contributed by atoms with Crippen LogP contribution < -0.4 is 10.9 Å². The molecule has 0 radical (unpaired) electrons. The number of aromatic nitrogens is 1. The average molecular weight is 289 g/mol. The lowest BCUT2D eigenvalue weighted by Gasteiger charge is -2.44. The largest absolute Gasteiger partial charge is 0.355 e. The Kier molecular flexibility index (Phi) is 3.61. The number of piperidine rings is 1. The summed E-state index contributed by atoms with van der Waals surface area (Å²) in [7, 11) is 1.56. The normalized spacial score (nSPS) is 24.8. The minimum absolute atomic E-state index is 0.139. The highest BCUT2D eigenvalue weighted by atomic mass is 16.2. The Bertz CT molecular complexity index is 620. The fourth-order valence-corrected chi connectivity index (χ4v) is 3.71. The Morgan fingerprint density at radius 2 is 2.05 bits per heavy atom. The van der Waals surface area contributed by atoms with Gasteiger partial charge >= 0.3 is 0 Å². The molecule has 1 amide bonds. The molecule has 5 nitrogen and oxygen atoms in total. The van der Waals surface area contributed by atoms with E-state index in [-0.39, 0.29) is 17.0 Å². The summed E-state index contributed by atoms with van der Waals surface area (Å²) in [4.78, 5) is 26.8. The summed E-state index contributed by atoms with van der Waals surface area (Å²) in [5.41, 5.74) is 1.20. The summed E-state index contributed by atoms with van der Waals surface area (Å²) < 4.78 is 1.83. The highest BCUT2D eigenvalue weighted by Gasteiger charge is 2.35. The van der Waals surface area contributed by atoms with Crippen LogP contribution in [0.1, 0.15) is 42.2 Å². The van der Waals surface area contributed by atoms with Crippen LogP contribution in [0, 0.1) is 5.92 Å². The average Bonchev–Trinajstić information content (AvgIpc) is 2.47. The number of nitrogens with one attached hydrogen (secondary N) is 1. The maximum atomic E-state index is 12.5. The van der Waals surface area contributed by atoms with Gasteiger partial charge in [0.2, 0.25) is 0 Å². The molecule has 1 N–H and O–H groups in total. The quantitative estimate of drug-likeness (QED) is 0.885. The SMILES string of the molecule is CNC(=O)c1ccc2n(c1=O)C[C@@H]1C[C@@H]2CN(C(C)C)C1. The first-order chi connectivity index (χ1) is 10.0. The molecule has 0 unspecified atom stereocenters. The van der Waals surface area contributed by atoms with Gasteiger partial charge < -0.3 is 9.88 Å². The molecule has 3 rings (SSSR count). The van der Waals surface area contributed by atoms with Crippen LogP contribution in [-0.2, 0) is 6.54 Å². The van der Waals surface area contributed by atoms with Crippen molar-refractivity contribution in [3.63, 3.8) is 0 Å². The highest BCUT2D eigenvalue weighted by Crippen LogP contribution is 2.35. The molecule has 2 aliphatic rings. The molecular weight excluding hydrogens is 266 g/mol. The van der Waals surface area contributed by atoms with Crippen LogP contribution in [0.3, 0.4) is 0 Å². The van der Waals surface area contributed by atoms with Crippen LogP contribution in [0.15, 0.2) is 16.9 Å². The van der Waals surface area contributed by atoms with E-state index >= 15 is 0 Å². The molecule has 1 saturated heterocycles. The number of rotatable bonds is 2. The fraction of sp³-hybridized carbons (Fsp3) is 0.625. The Hall–Kier alpha value is -1.62. The maximum Gasteiger partial charge on any atom is 0.263 e. The van der Waals surface area contributed by atoms with Gasteiger partial charge in [-0.05, 0) is 38.3 Å². The highest BCUT2D eigenvalue weighted by molar-refractivity contribution is 5.93. The summed E-state index contributed by atoms with van der Waals surface area (Å²) in [5, 5.41) is 2.54. The van der Waals surface area contributed by atoms with Gasteiger partial charge in [0.1, 0.15) is 5.56 Å². The predicted octanol–water partition coefficient (Wildman–Crippen LogP) is 1.04. The summed E-state index contributed by atoms with van der Waals surface area (Å²) in [5.74, 6) is 0.623. The van der Waals surface area contributed by atoms with Gasteiger partial charge in [0.05, 0.1) is 0 Å². The Balaban J connectivity index is 2.00. The van der Waals surface area contributed by atoms with Crippen LogP contribution in [0.4, 0.5) is 0 Å². The van der Waals surface area contributed by atoms with E-state index in [2.05, 4.69) is 24.1 Å². The van der Waals surface area contributed by atoms with Crippen molar-refractivity contribution >= 4 is 5.91 Å². The van der Waals surface area contributed by atoms with Crippen LogP contribution in [0.2, 0.25) is 0 Å². The molecule has 1 fully saturated rings. The zero-order valence-corrected chi connectivity index (χ0v) is 12.9. The van der Waals surface area contributed by atoms with Crippen molar-refractivity contribution in [2.45, 2.75) is 38.8 Å². The first kappa shape index (κ1) is 14.3. The number of hydrogen-bond donors (Lipinski definition) is 1. The molecular formula is C16H23N3O2. The van der Waals surface area contributed by atoms with Crippen molar-refractivity contribution in [1.29, 1.82) is 0 Å². The summed E-state index contributed by atoms with van der Waals surface area (Å²) in [6.45, 7) is 7.24. The fourth-order valence-electron chi connectivity index (χ4n) is 3.71. The van der Waals surface area contributed by atoms with E-state index in [1.165, 1.54) is 0 Å². The molecule has 0 saturated carbocycles. The molecule has 5 heteroatoms. The van der Waals surface area contributed by atoms with Gasteiger partial charge in [-0.2, -0.15) is 0 Å². The molecule has 0 spiro atoms. The van der Waals surface area contributed by atoms with Gasteiger partial charge in [-0.3, -0.25) is 14.5 Å². The molecule has 21 heavy (non-hydrogen) atoms. The number of likely N-dealkylation sites (tertiary alicyclic amines) is 1. The first-order valence-corrected chi connectivity index (χ1v) is 7.71. The summed E-state index contributed by atoms with van der Waals surface area (Å²) >= 11 is 0. The number of carbonyl (C=O) groups excluding carboxylic acids is 1. The molecule has 3 heterocycles. The number of nitrogens with zero attached hydrogens (tertiary/aromatic N) is 2. The minimum atomic E-state index is -0.296. The molecule has 2 bridgehead atoms. The number of fused-ring (bicyclic) bond motifs is 4. The van der Waals surface area contributed by atoms with Gasteiger partial charge in [0.15, 0.2) is 0 Å². The van der Waals surface area contributed by atoms with Crippen LogP contribution >= 0.6 is 0 Å². The van der Waals surface area contributed by atoms with Crippen molar-refractivity contribution in [2.75, 3.05) is 20.1 Å². The Morgan fingerprint density at radius 3 is 2.71 bits per heavy atom.